The van der Waals surface area contributed by atoms with Gasteiger partial charge in [-0.1, -0.05) is 40.0 Å². The molecule has 17 heavy (non-hydrogen) atoms. The van der Waals surface area contributed by atoms with Gasteiger partial charge in [0.2, 0.25) is 0 Å². The van der Waals surface area contributed by atoms with Gasteiger partial charge in [0.25, 0.3) is 0 Å². The molecule has 0 aliphatic carbocycles. The number of hydrogen-bond acceptors (Lipinski definition) is 2. The minimum atomic E-state index is -0.909. The summed E-state index contributed by atoms with van der Waals surface area (Å²) in [6.07, 6.45) is 8.90. The summed E-state index contributed by atoms with van der Waals surface area (Å²) in [7, 11) is 0. The molecule has 2 heteroatoms. The van der Waals surface area contributed by atoms with Gasteiger partial charge < -0.3 is 9.84 Å². The Hall–Kier alpha value is -0.680. The molecule has 0 aromatic carbocycles. The van der Waals surface area contributed by atoms with E-state index in [1.54, 1.807) is 6.92 Å². The zero-order valence-corrected chi connectivity index (χ0v) is 11.9. The number of unbranched alkanes of at least 4 members (excludes halogenated alkanes) is 2. The summed E-state index contributed by atoms with van der Waals surface area (Å²) in [5.41, 5.74) is -0.909. The molecule has 0 aromatic rings. The highest BCUT2D eigenvalue weighted by Gasteiger charge is 2.17. The van der Waals surface area contributed by atoms with E-state index in [0.717, 1.165) is 19.3 Å². The molecule has 0 spiro atoms. The Bertz CT molecular complexity index is 235. The topological polar surface area (TPSA) is 29.5 Å². The van der Waals surface area contributed by atoms with Crippen molar-refractivity contribution in [3.63, 3.8) is 0 Å². The van der Waals surface area contributed by atoms with Crippen LogP contribution in [0.4, 0.5) is 0 Å². The van der Waals surface area contributed by atoms with Crippen molar-refractivity contribution < 1.29 is 9.84 Å². The molecule has 0 aliphatic heterocycles. The fourth-order valence-corrected chi connectivity index (χ4v) is 1.42. The highest BCUT2D eigenvalue weighted by molar-refractivity contribution is 5.08. The van der Waals surface area contributed by atoms with Gasteiger partial charge in [0, 0.05) is 0 Å². The van der Waals surface area contributed by atoms with E-state index in [4.69, 9.17) is 4.74 Å². The Kier molecular flexibility index (Phi) is 8.99. The Morgan fingerprint density at radius 3 is 2.59 bits per heavy atom. The summed E-state index contributed by atoms with van der Waals surface area (Å²) in [4.78, 5) is 0. The quantitative estimate of drug-likeness (QED) is 0.517. The van der Waals surface area contributed by atoms with Crippen LogP contribution in [0.3, 0.4) is 0 Å². The van der Waals surface area contributed by atoms with E-state index >= 15 is 0 Å². The molecule has 0 heterocycles. The molecule has 0 aliphatic rings. The Labute approximate surface area is 107 Å². The standard InChI is InChI=1S/C15H28O2/c1-5-7-8-12-17-13-11-15(4,16)10-9-14(3)6-2/h14,16H,5-10,12H2,1-4H3. The predicted octanol–water partition coefficient (Wildman–Crippen LogP) is 3.73. The van der Waals surface area contributed by atoms with Crippen LogP contribution in [0.5, 0.6) is 0 Å². The fraction of sp³-hybridized carbons (Fsp3) is 0.867. The first-order valence-electron chi connectivity index (χ1n) is 6.88. The van der Waals surface area contributed by atoms with Crippen molar-refractivity contribution in [2.24, 2.45) is 5.92 Å². The molecule has 1 N–H and O–H groups in total. The van der Waals surface area contributed by atoms with Crippen molar-refractivity contribution in [2.45, 2.75) is 71.8 Å². The molecule has 0 fully saturated rings. The molecule has 2 nitrogen and oxygen atoms in total. The maximum absolute atomic E-state index is 10.0. The van der Waals surface area contributed by atoms with Gasteiger partial charge in [0.15, 0.2) is 0 Å². The molecule has 0 amide bonds. The van der Waals surface area contributed by atoms with E-state index in [0.29, 0.717) is 18.9 Å². The maximum Gasteiger partial charge on any atom is 0.126 e. The van der Waals surface area contributed by atoms with Gasteiger partial charge in [-0.3, -0.25) is 0 Å². The van der Waals surface area contributed by atoms with Crippen LogP contribution in [0, 0.1) is 17.9 Å². The van der Waals surface area contributed by atoms with E-state index < -0.39 is 5.60 Å². The van der Waals surface area contributed by atoms with Crippen LogP contribution in [0.2, 0.25) is 0 Å². The highest BCUT2D eigenvalue weighted by Crippen LogP contribution is 2.17. The molecule has 2 unspecified atom stereocenters. The number of rotatable bonds is 8. The van der Waals surface area contributed by atoms with E-state index in [9.17, 15) is 5.11 Å². The molecule has 0 radical (unpaired) electrons. The third-order valence-corrected chi connectivity index (χ3v) is 3.06. The molecule has 0 saturated heterocycles. The Balaban J connectivity index is 3.78. The minimum Gasteiger partial charge on any atom is -0.447 e. The van der Waals surface area contributed by atoms with Crippen molar-refractivity contribution in [2.75, 3.05) is 6.61 Å². The lowest BCUT2D eigenvalue weighted by Gasteiger charge is -2.18. The second-order valence-corrected chi connectivity index (χ2v) is 5.11. The lowest BCUT2D eigenvalue weighted by Crippen LogP contribution is -2.22. The average molecular weight is 240 g/mol. The summed E-state index contributed by atoms with van der Waals surface area (Å²) < 4.78 is 5.18. The molecular weight excluding hydrogens is 212 g/mol. The summed E-state index contributed by atoms with van der Waals surface area (Å²) in [6.45, 7) is 8.96. The third kappa shape index (κ3) is 10.2. The van der Waals surface area contributed by atoms with Gasteiger partial charge in [-0.15, -0.1) is 0 Å². The van der Waals surface area contributed by atoms with Gasteiger partial charge in [0.05, 0.1) is 0 Å². The molecule has 100 valence electrons. The van der Waals surface area contributed by atoms with Crippen molar-refractivity contribution in [3.8, 4) is 12.0 Å². The lowest BCUT2D eigenvalue weighted by molar-refractivity contribution is 0.102. The first kappa shape index (κ1) is 16.3. The second-order valence-electron chi connectivity index (χ2n) is 5.11. The largest absolute Gasteiger partial charge is 0.447 e. The molecule has 0 rings (SSSR count). The van der Waals surface area contributed by atoms with Crippen LogP contribution in [0.1, 0.15) is 66.2 Å². The van der Waals surface area contributed by atoms with Gasteiger partial charge in [-0.25, -0.2) is 0 Å². The van der Waals surface area contributed by atoms with E-state index in [1.165, 1.54) is 12.8 Å². The van der Waals surface area contributed by atoms with Crippen molar-refractivity contribution in [1.29, 1.82) is 0 Å². The van der Waals surface area contributed by atoms with Crippen LogP contribution in [-0.4, -0.2) is 17.3 Å². The smallest absolute Gasteiger partial charge is 0.126 e. The average Bonchev–Trinajstić information content (AvgIpc) is 2.30. The Morgan fingerprint density at radius 1 is 1.29 bits per heavy atom. The molecule has 0 bridgehead atoms. The van der Waals surface area contributed by atoms with Gasteiger partial charge in [-0.2, -0.15) is 0 Å². The summed E-state index contributed by atoms with van der Waals surface area (Å²) in [6, 6.07) is 0. The van der Waals surface area contributed by atoms with Gasteiger partial charge in [-0.05, 0) is 38.0 Å². The molecular formula is C15H28O2. The lowest BCUT2D eigenvalue weighted by atomic mass is 9.94. The van der Waals surface area contributed by atoms with Crippen LogP contribution in [0.15, 0.2) is 0 Å². The van der Waals surface area contributed by atoms with Crippen LogP contribution >= 0.6 is 0 Å². The number of aliphatic hydroxyl groups is 1. The first-order valence-corrected chi connectivity index (χ1v) is 6.88. The number of hydrogen-bond donors (Lipinski definition) is 1. The highest BCUT2D eigenvalue weighted by atomic mass is 16.5. The van der Waals surface area contributed by atoms with E-state index in [2.05, 4.69) is 32.8 Å². The zero-order chi connectivity index (χ0) is 13.1. The molecule has 0 aromatic heterocycles. The molecule has 2 atom stereocenters. The van der Waals surface area contributed by atoms with Crippen molar-refractivity contribution in [3.05, 3.63) is 0 Å². The zero-order valence-electron chi connectivity index (χ0n) is 11.9. The van der Waals surface area contributed by atoms with E-state index in [1.807, 2.05) is 0 Å². The third-order valence-electron chi connectivity index (χ3n) is 3.06. The monoisotopic (exact) mass is 240 g/mol. The van der Waals surface area contributed by atoms with Crippen molar-refractivity contribution >= 4 is 0 Å². The first-order chi connectivity index (χ1) is 8.02. The maximum atomic E-state index is 10.0. The van der Waals surface area contributed by atoms with Crippen LogP contribution in [0.25, 0.3) is 0 Å². The fourth-order valence-electron chi connectivity index (χ4n) is 1.42. The predicted molar refractivity (Wildman–Crippen MR) is 72.6 cm³/mol. The van der Waals surface area contributed by atoms with Crippen molar-refractivity contribution in [1.82, 2.24) is 0 Å². The van der Waals surface area contributed by atoms with Gasteiger partial charge >= 0.3 is 0 Å². The Morgan fingerprint density at radius 2 is 2.00 bits per heavy atom. The normalized spacial score (nSPS) is 15.6. The van der Waals surface area contributed by atoms with Gasteiger partial charge in [0.1, 0.15) is 18.3 Å². The second kappa shape index (κ2) is 9.36. The summed E-state index contributed by atoms with van der Waals surface area (Å²) in [5, 5.41) is 10.0. The molecule has 0 saturated carbocycles. The number of ether oxygens (including phenoxy) is 1. The summed E-state index contributed by atoms with van der Waals surface area (Å²) >= 11 is 0. The SMILES string of the molecule is CCCCCOC#CC(C)(O)CCC(C)CC. The van der Waals surface area contributed by atoms with Crippen LogP contribution in [-0.2, 0) is 4.74 Å². The summed E-state index contributed by atoms with van der Waals surface area (Å²) in [5.74, 6) is 3.45. The minimum absolute atomic E-state index is 0.647. The van der Waals surface area contributed by atoms with Crippen LogP contribution < -0.4 is 0 Å². The van der Waals surface area contributed by atoms with E-state index in [-0.39, 0.29) is 0 Å².